The molecule has 2 amide bonds. The zero-order valence-electron chi connectivity index (χ0n) is 12.3. The Hall–Kier alpha value is -2.02. The summed E-state index contributed by atoms with van der Waals surface area (Å²) in [5.74, 6) is 0.262. The fraction of sp³-hybridized carbons (Fsp3) is 0.167. The number of carbonyl (C=O) groups excluding carboxylic acids is 1. The molecule has 23 heavy (non-hydrogen) atoms. The highest BCUT2D eigenvalue weighted by Gasteiger charge is 2.32. The highest BCUT2D eigenvalue weighted by Crippen LogP contribution is 2.39. The Morgan fingerprint density at radius 3 is 2.78 bits per heavy atom. The number of amides is 2. The van der Waals surface area contributed by atoms with E-state index in [-0.39, 0.29) is 17.8 Å². The van der Waals surface area contributed by atoms with Crippen molar-refractivity contribution >= 4 is 34.3 Å². The number of fused-ring (bicyclic) bond motifs is 2. The van der Waals surface area contributed by atoms with Gasteiger partial charge >= 0.3 is 6.03 Å². The first kappa shape index (κ1) is 14.6. The van der Waals surface area contributed by atoms with Crippen LogP contribution in [0.4, 0.5) is 4.79 Å². The third-order valence-corrected chi connectivity index (χ3v) is 5.30. The van der Waals surface area contributed by atoms with Gasteiger partial charge in [-0.2, -0.15) is 0 Å². The van der Waals surface area contributed by atoms with Gasteiger partial charge < -0.3 is 15.7 Å². The fourth-order valence-corrected chi connectivity index (χ4v) is 3.88. The van der Waals surface area contributed by atoms with Gasteiger partial charge in [-0.1, -0.05) is 30.3 Å². The molecular weight excluding hydrogens is 403 g/mol. The lowest BCUT2D eigenvalue weighted by Gasteiger charge is -2.34. The summed E-state index contributed by atoms with van der Waals surface area (Å²) in [5.41, 5.74) is 5.51. The van der Waals surface area contributed by atoms with Crippen LogP contribution >= 0.6 is 22.6 Å². The molecule has 4 nitrogen and oxygen atoms in total. The molecule has 1 atom stereocenters. The Kier molecular flexibility index (Phi) is 3.52. The maximum atomic E-state index is 12.2. The quantitative estimate of drug-likeness (QED) is 0.619. The number of carbonyl (C=O) groups is 1. The topological polar surface area (TPSA) is 61.4 Å². The van der Waals surface area contributed by atoms with Gasteiger partial charge in [0.1, 0.15) is 5.75 Å². The third kappa shape index (κ3) is 2.49. The zero-order chi connectivity index (χ0) is 16.0. The number of halogens is 1. The van der Waals surface area contributed by atoms with E-state index in [0.29, 0.717) is 0 Å². The second-order valence-corrected chi connectivity index (χ2v) is 6.96. The maximum Gasteiger partial charge on any atom is 0.319 e. The molecule has 0 spiro atoms. The summed E-state index contributed by atoms with van der Waals surface area (Å²) >= 11 is 2.10. The minimum Gasteiger partial charge on any atom is -0.507 e. The van der Waals surface area contributed by atoms with Gasteiger partial charge in [0.25, 0.3) is 0 Å². The van der Waals surface area contributed by atoms with E-state index < -0.39 is 0 Å². The van der Waals surface area contributed by atoms with Crippen LogP contribution in [0.1, 0.15) is 29.2 Å². The molecule has 2 aromatic rings. The summed E-state index contributed by atoms with van der Waals surface area (Å²) < 4.78 is 0.784. The van der Waals surface area contributed by atoms with Gasteiger partial charge in [0.2, 0.25) is 0 Å². The fourth-order valence-electron chi connectivity index (χ4n) is 3.34. The zero-order valence-corrected chi connectivity index (χ0v) is 14.4. The van der Waals surface area contributed by atoms with E-state index in [9.17, 15) is 9.90 Å². The molecule has 0 bridgehead atoms. The lowest BCUT2D eigenvalue weighted by molar-refractivity contribution is 0.240. The highest BCUT2D eigenvalue weighted by atomic mass is 127. The molecule has 5 heteroatoms. The van der Waals surface area contributed by atoms with Crippen LogP contribution in [-0.2, 0) is 6.42 Å². The van der Waals surface area contributed by atoms with Crippen molar-refractivity contribution in [2.45, 2.75) is 18.9 Å². The number of hydrogen-bond acceptors (Lipinski definition) is 2. The van der Waals surface area contributed by atoms with Gasteiger partial charge in [0.05, 0.1) is 15.3 Å². The van der Waals surface area contributed by atoms with E-state index >= 15 is 0 Å². The van der Waals surface area contributed by atoms with Crippen molar-refractivity contribution in [2.75, 3.05) is 0 Å². The molecule has 0 radical (unpaired) electrons. The van der Waals surface area contributed by atoms with Gasteiger partial charge in [-0.3, -0.25) is 0 Å². The SMILES string of the molecule is O=C1NC2=C(CCc3ccccc32)[C@@H](c2ccc(O)c(I)c2)N1. The molecular formula is C18H15IN2O2. The average molecular weight is 418 g/mol. The number of aryl methyl sites for hydroxylation is 1. The summed E-state index contributed by atoms with van der Waals surface area (Å²) in [7, 11) is 0. The van der Waals surface area contributed by atoms with Crippen LogP contribution in [0.5, 0.6) is 5.75 Å². The van der Waals surface area contributed by atoms with Gasteiger partial charge in [0.15, 0.2) is 0 Å². The van der Waals surface area contributed by atoms with Crippen LogP contribution in [0, 0.1) is 3.57 Å². The van der Waals surface area contributed by atoms with E-state index in [2.05, 4.69) is 45.4 Å². The standard InChI is InChI=1S/C18H15IN2O2/c19-14-9-11(6-8-15(14)22)16-13-7-5-10-3-1-2-4-12(10)17(13)21-18(23)20-16/h1-4,6,8-9,16,22H,5,7H2,(H2,20,21,23)/t16-/m1/s1. The number of phenolic OH excluding ortho intramolecular Hbond substituents is 1. The number of hydrogen-bond donors (Lipinski definition) is 3. The van der Waals surface area contributed by atoms with Crippen molar-refractivity contribution in [3.8, 4) is 5.75 Å². The van der Waals surface area contributed by atoms with Crippen LogP contribution in [0.15, 0.2) is 48.0 Å². The van der Waals surface area contributed by atoms with Crippen molar-refractivity contribution in [3.05, 3.63) is 68.3 Å². The predicted octanol–water partition coefficient (Wildman–Crippen LogP) is 3.71. The first-order valence-corrected chi connectivity index (χ1v) is 8.58. The van der Waals surface area contributed by atoms with Crippen LogP contribution in [0.3, 0.4) is 0 Å². The Morgan fingerprint density at radius 2 is 1.96 bits per heavy atom. The monoisotopic (exact) mass is 418 g/mol. The van der Waals surface area contributed by atoms with E-state index in [1.165, 1.54) is 11.1 Å². The Bertz CT molecular complexity index is 845. The summed E-state index contributed by atoms with van der Waals surface area (Å²) in [6.45, 7) is 0. The minimum atomic E-state index is -0.187. The van der Waals surface area contributed by atoms with Gasteiger partial charge in [-0.15, -0.1) is 0 Å². The van der Waals surface area contributed by atoms with Crippen LogP contribution < -0.4 is 10.6 Å². The van der Waals surface area contributed by atoms with Crippen molar-refractivity contribution in [3.63, 3.8) is 0 Å². The van der Waals surface area contributed by atoms with E-state index in [1.54, 1.807) is 6.07 Å². The lowest BCUT2D eigenvalue weighted by atomic mass is 9.83. The first-order chi connectivity index (χ1) is 11.1. The third-order valence-electron chi connectivity index (χ3n) is 4.44. The van der Waals surface area contributed by atoms with Gasteiger partial charge in [-0.05, 0) is 64.3 Å². The highest BCUT2D eigenvalue weighted by molar-refractivity contribution is 14.1. The lowest BCUT2D eigenvalue weighted by Crippen LogP contribution is -2.44. The van der Waals surface area contributed by atoms with Crippen LogP contribution in [0.2, 0.25) is 0 Å². The summed E-state index contributed by atoms with van der Waals surface area (Å²) in [6.07, 6.45) is 1.87. The maximum absolute atomic E-state index is 12.2. The molecule has 0 aromatic heterocycles. The van der Waals surface area contributed by atoms with E-state index in [1.807, 2.05) is 24.3 Å². The minimum absolute atomic E-state index is 0.152. The summed E-state index contributed by atoms with van der Waals surface area (Å²) in [4.78, 5) is 12.2. The molecule has 0 saturated heterocycles. The smallest absolute Gasteiger partial charge is 0.319 e. The number of aromatic hydroxyl groups is 1. The van der Waals surface area contributed by atoms with Crippen molar-refractivity contribution in [2.24, 2.45) is 0 Å². The summed E-state index contributed by atoms with van der Waals surface area (Å²) in [5, 5.41) is 15.7. The predicted molar refractivity (Wildman–Crippen MR) is 96.9 cm³/mol. The number of nitrogens with one attached hydrogen (secondary N) is 2. The van der Waals surface area contributed by atoms with Crippen molar-refractivity contribution < 1.29 is 9.90 Å². The normalized spacial score (nSPS) is 19.5. The largest absolute Gasteiger partial charge is 0.507 e. The van der Waals surface area contributed by atoms with Gasteiger partial charge in [0, 0.05) is 5.56 Å². The summed E-state index contributed by atoms with van der Waals surface area (Å²) in [6, 6.07) is 13.4. The van der Waals surface area contributed by atoms with Gasteiger partial charge in [-0.25, -0.2) is 4.79 Å². The second kappa shape index (κ2) is 5.56. The van der Waals surface area contributed by atoms with Crippen molar-refractivity contribution in [1.82, 2.24) is 10.6 Å². The van der Waals surface area contributed by atoms with E-state index in [4.69, 9.17) is 0 Å². The molecule has 4 rings (SSSR count). The Morgan fingerprint density at radius 1 is 1.13 bits per heavy atom. The molecule has 0 unspecified atom stereocenters. The molecule has 0 saturated carbocycles. The number of rotatable bonds is 1. The molecule has 3 N–H and O–H groups in total. The van der Waals surface area contributed by atoms with Crippen LogP contribution in [-0.4, -0.2) is 11.1 Å². The number of benzene rings is 2. The van der Waals surface area contributed by atoms with Crippen LogP contribution in [0.25, 0.3) is 5.70 Å². The molecule has 2 aromatic carbocycles. The molecule has 1 aliphatic heterocycles. The molecule has 116 valence electrons. The molecule has 2 aliphatic rings. The second-order valence-electron chi connectivity index (χ2n) is 5.80. The Labute approximate surface area is 147 Å². The van der Waals surface area contributed by atoms with Crippen molar-refractivity contribution in [1.29, 1.82) is 0 Å². The molecule has 1 heterocycles. The molecule has 1 aliphatic carbocycles. The number of phenols is 1. The van der Waals surface area contributed by atoms with E-state index in [0.717, 1.165) is 33.2 Å². The Balaban J connectivity index is 1.85. The average Bonchev–Trinajstić information content (AvgIpc) is 2.56. The first-order valence-electron chi connectivity index (χ1n) is 7.51. The molecule has 0 fully saturated rings. The number of urea groups is 1.